The van der Waals surface area contributed by atoms with Gasteiger partial charge in [0.05, 0.1) is 4.90 Å². The van der Waals surface area contributed by atoms with Gasteiger partial charge in [0.1, 0.15) is 11.8 Å². The van der Waals surface area contributed by atoms with Crippen LogP contribution in [0.1, 0.15) is 12.8 Å². The zero-order valence-corrected chi connectivity index (χ0v) is 18.8. The second kappa shape index (κ2) is 9.79. The fourth-order valence-electron chi connectivity index (χ4n) is 3.83. The van der Waals surface area contributed by atoms with Gasteiger partial charge in [0.15, 0.2) is 11.5 Å². The van der Waals surface area contributed by atoms with Crippen molar-refractivity contribution in [3.05, 3.63) is 42.7 Å². The number of oxime groups is 1. The third-order valence-corrected chi connectivity index (χ3v) is 7.05. The van der Waals surface area contributed by atoms with E-state index in [4.69, 9.17) is 4.84 Å². The predicted molar refractivity (Wildman–Crippen MR) is 121 cm³/mol. The number of carboxylic acid groups (broad SMARTS) is 1. The second-order valence-electron chi connectivity index (χ2n) is 8.12. The van der Waals surface area contributed by atoms with Crippen molar-refractivity contribution in [3.8, 4) is 0 Å². The molecule has 1 amide bonds. The van der Waals surface area contributed by atoms with Crippen LogP contribution in [0.4, 0.5) is 5.95 Å². The van der Waals surface area contributed by atoms with Crippen molar-refractivity contribution in [3.63, 3.8) is 0 Å². The summed E-state index contributed by atoms with van der Waals surface area (Å²) in [6.07, 6.45) is 4.21. The summed E-state index contributed by atoms with van der Waals surface area (Å²) < 4.78 is 27.0. The Balaban J connectivity index is 1.27. The molecule has 0 radical (unpaired) electrons. The molecule has 3 atom stereocenters. The van der Waals surface area contributed by atoms with E-state index in [0.29, 0.717) is 25.5 Å². The third-order valence-electron chi connectivity index (χ3n) is 5.56. The Kier molecular flexibility index (Phi) is 6.81. The van der Waals surface area contributed by atoms with Crippen LogP contribution in [0.3, 0.4) is 0 Å². The number of rotatable bonds is 10. The Hall–Kier alpha value is -3.49. The van der Waals surface area contributed by atoms with E-state index in [9.17, 15) is 23.1 Å². The number of carbonyl (C=O) groups is 2. The van der Waals surface area contributed by atoms with Gasteiger partial charge in [-0.2, -0.15) is 4.72 Å². The number of imidazole rings is 1. The minimum atomic E-state index is -4.08. The van der Waals surface area contributed by atoms with Crippen LogP contribution < -0.4 is 20.7 Å². The lowest BCUT2D eigenvalue weighted by Crippen LogP contribution is -2.49. The highest BCUT2D eigenvalue weighted by Crippen LogP contribution is 2.32. The number of hydrogen-bond acceptors (Lipinski definition) is 9. The first-order valence-corrected chi connectivity index (χ1v) is 12.0. The lowest BCUT2D eigenvalue weighted by Gasteiger charge is -2.19. The number of H-pyrrole nitrogens is 1. The molecule has 13 nitrogen and oxygen atoms in total. The summed E-state index contributed by atoms with van der Waals surface area (Å²) in [5.74, 6) is -1.38. The Morgan fingerprint density at radius 2 is 2.09 bits per heavy atom. The van der Waals surface area contributed by atoms with Crippen LogP contribution in [0, 0.1) is 0 Å². The molecule has 1 fully saturated rings. The van der Waals surface area contributed by atoms with Gasteiger partial charge >= 0.3 is 5.97 Å². The first kappa shape index (κ1) is 23.7. The largest absolute Gasteiger partial charge is 0.480 e. The van der Waals surface area contributed by atoms with Gasteiger partial charge in [-0.25, -0.2) is 13.4 Å². The number of carbonyl (C=O) groups excluding carboxylic acids is 1. The number of aromatic nitrogens is 2. The van der Waals surface area contributed by atoms with E-state index in [1.165, 1.54) is 24.3 Å². The molecular weight excluding hydrogens is 466 g/mol. The molecule has 2 aliphatic rings. The Morgan fingerprint density at radius 1 is 1.29 bits per heavy atom. The number of hydrogen-bond donors (Lipinski definition) is 6. The van der Waals surface area contributed by atoms with Gasteiger partial charge in [0.2, 0.25) is 10.0 Å². The fraction of sp³-hybridized carbons (Fsp3) is 0.400. The quantitative estimate of drug-likeness (QED) is 0.248. The number of sulfonamides is 1. The lowest BCUT2D eigenvalue weighted by molar-refractivity contribution is -0.138. The average Bonchev–Trinajstić information content (AvgIpc) is 3.58. The standard InChI is InChI=1S/C20H25N7O6S/c28-17(23-11-16(18(29)30)27-34(31,32)14-4-2-1-3-5-14)15-9-20(33-26-15)8-13(25-12-20)10-24-19-21-6-7-22-19/h1-7,13,16,25,27H,8-12H2,(H,23,28)(H,29,30)(H2,21,22,24)/t13?,16?,20-/m0/s1. The van der Waals surface area contributed by atoms with E-state index in [0.717, 1.165) is 0 Å². The highest BCUT2D eigenvalue weighted by molar-refractivity contribution is 7.89. The molecule has 14 heteroatoms. The topological polar surface area (TPSA) is 187 Å². The van der Waals surface area contributed by atoms with Crippen LogP contribution >= 0.6 is 0 Å². The molecule has 1 aromatic carbocycles. The summed E-state index contributed by atoms with van der Waals surface area (Å²) in [7, 11) is -4.08. The molecule has 2 unspecified atom stereocenters. The van der Waals surface area contributed by atoms with Crippen LogP contribution in [-0.4, -0.2) is 78.4 Å². The molecule has 182 valence electrons. The molecule has 3 heterocycles. The smallest absolute Gasteiger partial charge is 0.323 e. The van der Waals surface area contributed by atoms with Crippen molar-refractivity contribution in [2.24, 2.45) is 5.16 Å². The molecule has 0 saturated carbocycles. The van der Waals surface area contributed by atoms with Gasteiger partial charge in [-0.05, 0) is 12.1 Å². The maximum absolute atomic E-state index is 12.6. The molecule has 4 rings (SSSR count). The second-order valence-corrected chi connectivity index (χ2v) is 9.84. The molecule has 0 aliphatic carbocycles. The lowest BCUT2D eigenvalue weighted by atomic mass is 9.94. The van der Waals surface area contributed by atoms with Crippen molar-refractivity contribution in [1.82, 2.24) is 25.3 Å². The van der Waals surface area contributed by atoms with Crippen LogP contribution in [0.15, 0.2) is 52.8 Å². The summed E-state index contributed by atoms with van der Waals surface area (Å²) in [6.45, 7) is 0.634. The van der Waals surface area contributed by atoms with Gasteiger partial charge < -0.3 is 30.9 Å². The first-order chi connectivity index (χ1) is 16.3. The zero-order valence-electron chi connectivity index (χ0n) is 18.0. The summed E-state index contributed by atoms with van der Waals surface area (Å²) in [4.78, 5) is 36.7. The third kappa shape index (κ3) is 5.52. The van der Waals surface area contributed by atoms with Crippen molar-refractivity contribution in [2.75, 3.05) is 25.0 Å². The maximum Gasteiger partial charge on any atom is 0.323 e. The molecule has 1 aromatic heterocycles. The van der Waals surface area contributed by atoms with Crippen LogP contribution in [0.25, 0.3) is 0 Å². The molecule has 1 saturated heterocycles. The predicted octanol–water partition coefficient (Wildman–Crippen LogP) is -0.753. The normalized spacial score (nSPS) is 22.7. The molecule has 2 aromatic rings. The summed E-state index contributed by atoms with van der Waals surface area (Å²) >= 11 is 0. The van der Waals surface area contributed by atoms with E-state index >= 15 is 0 Å². The van der Waals surface area contributed by atoms with Gasteiger partial charge in [-0.3, -0.25) is 9.59 Å². The van der Waals surface area contributed by atoms with E-state index in [1.807, 2.05) is 0 Å². The van der Waals surface area contributed by atoms with Crippen LogP contribution in [0.2, 0.25) is 0 Å². The number of nitrogens with zero attached hydrogens (tertiary/aromatic N) is 2. The molecular formula is C20H25N7O6S. The average molecular weight is 492 g/mol. The van der Waals surface area contributed by atoms with Gasteiger partial charge in [0, 0.05) is 50.9 Å². The van der Waals surface area contributed by atoms with Crippen molar-refractivity contribution in [1.29, 1.82) is 0 Å². The molecule has 6 N–H and O–H groups in total. The zero-order chi connectivity index (χ0) is 24.2. The number of nitrogens with one attached hydrogen (secondary N) is 5. The Labute approximate surface area is 195 Å². The minimum absolute atomic E-state index is 0.0755. The first-order valence-electron chi connectivity index (χ1n) is 10.6. The summed E-state index contributed by atoms with van der Waals surface area (Å²) in [6, 6.07) is 5.89. The fourth-order valence-corrected chi connectivity index (χ4v) is 5.04. The van der Waals surface area contributed by atoms with Crippen LogP contribution in [-0.2, 0) is 24.4 Å². The van der Waals surface area contributed by atoms with E-state index in [-0.39, 0.29) is 23.1 Å². The maximum atomic E-state index is 12.6. The number of benzene rings is 1. The van der Waals surface area contributed by atoms with Crippen LogP contribution in [0.5, 0.6) is 0 Å². The summed E-state index contributed by atoms with van der Waals surface area (Å²) in [5.41, 5.74) is -0.542. The number of aliphatic carboxylic acids is 1. The number of amides is 1. The Bertz CT molecular complexity index is 1160. The summed E-state index contributed by atoms with van der Waals surface area (Å²) in [5, 5.41) is 22.3. The minimum Gasteiger partial charge on any atom is -0.480 e. The van der Waals surface area contributed by atoms with E-state index in [1.54, 1.807) is 18.5 Å². The Morgan fingerprint density at radius 3 is 2.79 bits per heavy atom. The van der Waals surface area contributed by atoms with Crippen molar-refractivity contribution < 1.29 is 28.0 Å². The molecule has 0 bridgehead atoms. The highest BCUT2D eigenvalue weighted by atomic mass is 32.2. The highest BCUT2D eigenvalue weighted by Gasteiger charge is 2.47. The SMILES string of the molecule is O=C(NCC(NS(=O)(=O)c1ccccc1)C(=O)O)C1=NO[C@]2(CNC(CNc3ncc[nH]3)C2)C1. The monoisotopic (exact) mass is 491 g/mol. The number of carboxylic acids is 1. The van der Waals surface area contributed by atoms with Gasteiger partial charge in [-0.1, -0.05) is 23.4 Å². The van der Waals surface area contributed by atoms with Crippen molar-refractivity contribution in [2.45, 2.75) is 35.4 Å². The number of aromatic amines is 1. The number of anilines is 1. The molecule has 1 spiro atoms. The van der Waals surface area contributed by atoms with Gasteiger partial charge in [-0.15, -0.1) is 0 Å². The van der Waals surface area contributed by atoms with Gasteiger partial charge in [0.25, 0.3) is 5.91 Å². The molecule has 34 heavy (non-hydrogen) atoms. The molecule has 2 aliphatic heterocycles. The van der Waals surface area contributed by atoms with Crippen molar-refractivity contribution >= 4 is 33.6 Å². The van der Waals surface area contributed by atoms with E-state index < -0.39 is 40.1 Å². The van der Waals surface area contributed by atoms with E-state index in [2.05, 4.69) is 35.8 Å².